The molecule has 1 aliphatic rings. The van der Waals surface area contributed by atoms with Gasteiger partial charge in [-0.3, -0.25) is 9.78 Å². The van der Waals surface area contributed by atoms with Gasteiger partial charge in [-0.15, -0.1) is 0 Å². The molecule has 1 aromatic carbocycles. The molecule has 22 heavy (non-hydrogen) atoms. The molecule has 1 fully saturated rings. The zero-order valence-electron chi connectivity index (χ0n) is 12.1. The summed E-state index contributed by atoms with van der Waals surface area (Å²) in [6.45, 7) is 1.10. The van der Waals surface area contributed by atoms with E-state index in [2.05, 4.69) is 4.98 Å². The zero-order chi connectivity index (χ0) is 15.4. The summed E-state index contributed by atoms with van der Waals surface area (Å²) in [6, 6.07) is 9.66. The van der Waals surface area contributed by atoms with Crippen molar-refractivity contribution in [1.82, 2.24) is 9.88 Å². The third-order valence-electron chi connectivity index (χ3n) is 3.72. The fourth-order valence-corrected chi connectivity index (χ4v) is 2.63. The smallest absolute Gasteiger partial charge is 0.256 e. The quantitative estimate of drug-likeness (QED) is 0.875. The van der Waals surface area contributed by atoms with Crippen LogP contribution in [0.3, 0.4) is 0 Å². The number of hydrogen-bond donors (Lipinski definition) is 0. The van der Waals surface area contributed by atoms with Crippen molar-refractivity contribution in [2.75, 3.05) is 13.1 Å². The molecule has 2 aromatic rings. The first kappa shape index (κ1) is 14.5. The monoisotopic (exact) mass is 300 g/mol. The van der Waals surface area contributed by atoms with Crippen molar-refractivity contribution in [3.8, 4) is 5.75 Å². The van der Waals surface area contributed by atoms with E-state index in [1.165, 1.54) is 12.1 Å². The molecule has 5 heteroatoms. The molecule has 1 aromatic heterocycles. The number of nitrogens with zero attached hydrogens (tertiary/aromatic N) is 2. The number of carbonyl (C=O) groups excluding carboxylic acids is 1. The van der Waals surface area contributed by atoms with Gasteiger partial charge in [0.15, 0.2) is 0 Å². The van der Waals surface area contributed by atoms with Crippen LogP contribution < -0.4 is 4.74 Å². The zero-order valence-corrected chi connectivity index (χ0v) is 12.1. The number of piperidine rings is 1. The molecular formula is C17H17FN2O2. The van der Waals surface area contributed by atoms with E-state index in [4.69, 9.17) is 4.74 Å². The van der Waals surface area contributed by atoms with Gasteiger partial charge in [-0.1, -0.05) is 12.1 Å². The Balaban J connectivity index is 1.68. The minimum absolute atomic E-state index is 0.0770. The molecule has 4 nitrogen and oxygen atoms in total. The molecule has 1 saturated heterocycles. The number of hydrogen-bond acceptors (Lipinski definition) is 3. The Bertz CT molecular complexity index is 648. The van der Waals surface area contributed by atoms with E-state index in [1.807, 2.05) is 0 Å². The van der Waals surface area contributed by atoms with Crippen LogP contribution in [0.2, 0.25) is 0 Å². The highest BCUT2D eigenvalue weighted by atomic mass is 19.1. The molecule has 1 amide bonds. The van der Waals surface area contributed by atoms with Gasteiger partial charge in [0.05, 0.1) is 12.1 Å². The van der Waals surface area contributed by atoms with Crippen LogP contribution in [0, 0.1) is 5.82 Å². The Kier molecular flexibility index (Phi) is 4.32. The summed E-state index contributed by atoms with van der Waals surface area (Å²) in [7, 11) is 0. The average molecular weight is 300 g/mol. The van der Waals surface area contributed by atoms with Crippen molar-refractivity contribution in [2.24, 2.45) is 0 Å². The summed E-state index contributed by atoms with van der Waals surface area (Å²) in [4.78, 5) is 18.0. The fraction of sp³-hybridized carbons (Fsp3) is 0.294. The second-order valence-corrected chi connectivity index (χ2v) is 5.30. The largest absolute Gasteiger partial charge is 0.488 e. The predicted molar refractivity (Wildman–Crippen MR) is 80.2 cm³/mol. The first-order valence-corrected chi connectivity index (χ1v) is 7.34. The number of halogens is 1. The second kappa shape index (κ2) is 6.56. The Morgan fingerprint density at radius 1 is 1.23 bits per heavy atom. The maximum absolute atomic E-state index is 13.8. The molecule has 0 N–H and O–H groups in total. The molecule has 0 spiro atoms. The molecule has 0 aliphatic carbocycles. The molecule has 0 bridgehead atoms. The van der Waals surface area contributed by atoms with Crippen molar-refractivity contribution in [1.29, 1.82) is 0 Å². The van der Waals surface area contributed by atoms with E-state index in [9.17, 15) is 9.18 Å². The van der Waals surface area contributed by atoms with Crippen LogP contribution in [0.15, 0.2) is 48.8 Å². The summed E-state index contributed by atoms with van der Waals surface area (Å²) in [5, 5.41) is 0. The number of ether oxygens (including phenoxy) is 1. The summed E-state index contributed by atoms with van der Waals surface area (Å²) in [5.41, 5.74) is 0.118. The number of likely N-dealkylation sites (tertiary alicyclic amines) is 1. The van der Waals surface area contributed by atoms with Crippen molar-refractivity contribution >= 4 is 5.91 Å². The van der Waals surface area contributed by atoms with Crippen molar-refractivity contribution in [2.45, 2.75) is 18.9 Å². The van der Waals surface area contributed by atoms with Crippen LogP contribution in [-0.4, -0.2) is 35.0 Å². The number of amides is 1. The molecule has 0 radical (unpaired) electrons. The van der Waals surface area contributed by atoms with Gasteiger partial charge in [0.2, 0.25) is 0 Å². The molecule has 1 aliphatic heterocycles. The van der Waals surface area contributed by atoms with Gasteiger partial charge in [-0.2, -0.15) is 0 Å². The van der Waals surface area contributed by atoms with Gasteiger partial charge in [0, 0.05) is 18.9 Å². The summed E-state index contributed by atoms with van der Waals surface area (Å²) >= 11 is 0. The first-order chi connectivity index (χ1) is 10.7. The third-order valence-corrected chi connectivity index (χ3v) is 3.72. The van der Waals surface area contributed by atoms with Crippen molar-refractivity contribution in [3.63, 3.8) is 0 Å². The number of aromatic nitrogens is 1. The predicted octanol–water partition coefficient (Wildman–Crippen LogP) is 2.90. The maximum Gasteiger partial charge on any atom is 0.256 e. The van der Waals surface area contributed by atoms with Gasteiger partial charge < -0.3 is 9.64 Å². The Morgan fingerprint density at radius 2 is 2.00 bits per heavy atom. The lowest BCUT2D eigenvalue weighted by atomic mass is 10.1. The highest BCUT2D eigenvalue weighted by molar-refractivity contribution is 5.94. The summed E-state index contributed by atoms with van der Waals surface area (Å²) in [6.07, 6.45) is 4.98. The Labute approximate surface area is 128 Å². The fourth-order valence-electron chi connectivity index (χ4n) is 2.63. The van der Waals surface area contributed by atoms with Gasteiger partial charge in [0.1, 0.15) is 17.7 Å². The molecule has 114 valence electrons. The molecule has 0 saturated carbocycles. The van der Waals surface area contributed by atoms with E-state index < -0.39 is 5.82 Å². The van der Waals surface area contributed by atoms with Crippen LogP contribution >= 0.6 is 0 Å². The van der Waals surface area contributed by atoms with E-state index in [0.29, 0.717) is 13.1 Å². The van der Waals surface area contributed by atoms with E-state index in [0.717, 1.165) is 18.6 Å². The van der Waals surface area contributed by atoms with Gasteiger partial charge in [0.25, 0.3) is 5.91 Å². The van der Waals surface area contributed by atoms with Crippen LogP contribution in [0.4, 0.5) is 4.39 Å². The van der Waals surface area contributed by atoms with E-state index in [-0.39, 0.29) is 17.6 Å². The molecule has 1 atom stereocenters. The summed E-state index contributed by atoms with van der Waals surface area (Å²) < 4.78 is 19.6. The number of benzene rings is 1. The molecule has 3 rings (SSSR count). The average Bonchev–Trinajstić information content (AvgIpc) is 2.56. The standard InChI is InChI=1S/C17H17FN2O2/c18-16-6-2-1-5-15(16)17(21)20-11-3-4-14(12-20)22-13-7-9-19-10-8-13/h1-2,5-10,14H,3-4,11-12H2. The minimum Gasteiger partial charge on any atom is -0.488 e. The van der Waals surface area contributed by atoms with Crippen molar-refractivity contribution < 1.29 is 13.9 Å². The van der Waals surface area contributed by atoms with Crippen LogP contribution in [-0.2, 0) is 0 Å². The van der Waals surface area contributed by atoms with Gasteiger partial charge >= 0.3 is 0 Å². The number of pyridine rings is 1. The summed E-state index contributed by atoms with van der Waals surface area (Å²) in [5.74, 6) is -0.0222. The lowest BCUT2D eigenvalue weighted by molar-refractivity contribution is 0.0533. The SMILES string of the molecule is O=C(c1ccccc1F)N1CCCC(Oc2ccncc2)C1. The lowest BCUT2D eigenvalue weighted by Crippen LogP contribution is -2.44. The van der Waals surface area contributed by atoms with E-state index >= 15 is 0 Å². The molecule has 1 unspecified atom stereocenters. The van der Waals surface area contributed by atoms with Crippen LogP contribution in [0.5, 0.6) is 5.75 Å². The van der Waals surface area contributed by atoms with E-state index in [1.54, 1.807) is 41.6 Å². The van der Waals surface area contributed by atoms with Crippen LogP contribution in [0.25, 0.3) is 0 Å². The maximum atomic E-state index is 13.8. The highest BCUT2D eigenvalue weighted by Crippen LogP contribution is 2.20. The highest BCUT2D eigenvalue weighted by Gasteiger charge is 2.26. The lowest BCUT2D eigenvalue weighted by Gasteiger charge is -2.33. The van der Waals surface area contributed by atoms with Crippen molar-refractivity contribution in [3.05, 3.63) is 60.2 Å². The first-order valence-electron chi connectivity index (χ1n) is 7.34. The Hall–Kier alpha value is -2.43. The minimum atomic E-state index is -0.482. The topological polar surface area (TPSA) is 42.4 Å². The number of rotatable bonds is 3. The second-order valence-electron chi connectivity index (χ2n) is 5.30. The van der Waals surface area contributed by atoms with Gasteiger partial charge in [-0.25, -0.2) is 4.39 Å². The molecular weight excluding hydrogens is 283 g/mol. The third kappa shape index (κ3) is 3.24. The number of carbonyl (C=O) groups is 1. The normalized spacial score (nSPS) is 18.0. The molecule has 2 heterocycles. The van der Waals surface area contributed by atoms with Gasteiger partial charge in [-0.05, 0) is 37.1 Å². The Morgan fingerprint density at radius 3 is 2.77 bits per heavy atom. The van der Waals surface area contributed by atoms with Crippen LogP contribution in [0.1, 0.15) is 23.2 Å².